The molecular formula is C18H26N2O2S2. The van der Waals surface area contributed by atoms with E-state index >= 15 is 0 Å². The number of carbonyl (C=O) groups is 2. The van der Waals surface area contributed by atoms with Crippen molar-refractivity contribution in [1.29, 1.82) is 0 Å². The summed E-state index contributed by atoms with van der Waals surface area (Å²) in [4.78, 5) is 25.5. The Labute approximate surface area is 152 Å². The Morgan fingerprint density at radius 2 is 2.00 bits per heavy atom. The smallest absolute Gasteiger partial charge is 0.251 e. The van der Waals surface area contributed by atoms with Crippen LogP contribution >= 0.6 is 21.6 Å². The monoisotopic (exact) mass is 366 g/mol. The minimum atomic E-state index is -0.0928. The van der Waals surface area contributed by atoms with Gasteiger partial charge in [0.2, 0.25) is 5.91 Å². The molecule has 6 heteroatoms. The topological polar surface area (TPSA) is 49.4 Å². The van der Waals surface area contributed by atoms with Crippen LogP contribution in [0.3, 0.4) is 0 Å². The Hall–Kier alpha value is -1.14. The van der Waals surface area contributed by atoms with E-state index in [0.717, 1.165) is 23.7 Å². The van der Waals surface area contributed by atoms with Gasteiger partial charge in [0.05, 0.1) is 0 Å². The molecular weight excluding hydrogens is 340 g/mol. The SMILES string of the molecule is CNC(=O)c1ccc(CN(C)C(=O)CCCC[C@@H]2CCSS2)cc1. The zero-order valence-electron chi connectivity index (χ0n) is 14.4. The molecule has 4 nitrogen and oxygen atoms in total. The molecule has 0 spiro atoms. The van der Waals surface area contributed by atoms with Crippen LogP contribution in [0.15, 0.2) is 24.3 Å². The van der Waals surface area contributed by atoms with Crippen LogP contribution in [0.2, 0.25) is 0 Å². The molecule has 1 atom stereocenters. The van der Waals surface area contributed by atoms with Gasteiger partial charge in [-0.2, -0.15) is 0 Å². The molecule has 0 saturated carbocycles. The number of unbranched alkanes of at least 4 members (excludes halogenated alkanes) is 1. The molecule has 1 saturated heterocycles. The second-order valence-corrected chi connectivity index (χ2v) is 8.89. The van der Waals surface area contributed by atoms with Crippen LogP contribution in [0.4, 0.5) is 0 Å². The Morgan fingerprint density at radius 1 is 1.25 bits per heavy atom. The fraction of sp³-hybridized carbons (Fsp3) is 0.556. The molecule has 1 aromatic rings. The first kappa shape index (κ1) is 19.2. The van der Waals surface area contributed by atoms with Crippen molar-refractivity contribution in [2.75, 3.05) is 19.8 Å². The van der Waals surface area contributed by atoms with Crippen molar-refractivity contribution in [3.8, 4) is 0 Å². The lowest BCUT2D eigenvalue weighted by molar-refractivity contribution is -0.130. The Bertz CT molecular complexity index is 542. The van der Waals surface area contributed by atoms with Gasteiger partial charge >= 0.3 is 0 Å². The first-order chi connectivity index (χ1) is 11.6. The molecule has 132 valence electrons. The summed E-state index contributed by atoms with van der Waals surface area (Å²) in [5, 5.41) is 3.40. The van der Waals surface area contributed by atoms with E-state index in [0.29, 0.717) is 18.5 Å². The Kier molecular flexibility index (Phi) is 7.99. The molecule has 0 radical (unpaired) electrons. The van der Waals surface area contributed by atoms with Crippen molar-refractivity contribution >= 4 is 33.4 Å². The first-order valence-electron chi connectivity index (χ1n) is 8.43. The maximum absolute atomic E-state index is 12.2. The van der Waals surface area contributed by atoms with Gasteiger partial charge < -0.3 is 10.2 Å². The van der Waals surface area contributed by atoms with Gasteiger partial charge in [0.15, 0.2) is 0 Å². The van der Waals surface area contributed by atoms with E-state index in [2.05, 4.69) is 5.32 Å². The summed E-state index contributed by atoms with van der Waals surface area (Å²) in [7, 11) is 7.44. The highest BCUT2D eigenvalue weighted by atomic mass is 33.1. The number of rotatable bonds is 8. The summed E-state index contributed by atoms with van der Waals surface area (Å²) < 4.78 is 0. The van der Waals surface area contributed by atoms with Gasteiger partial charge in [-0.3, -0.25) is 9.59 Å². The van der Waals surface area contributed by atoms with Crippen LogP contribution in [-0.2, 0) is 11.3 Å². The van der Waals surface area contributed by atoms with Crippen LogP contribution in [-0.4, -0.2) is 41.8 Å². The van der Waals surface area contributed by atoms with Crippen molar-refractivity contribution in [2.24, 2.45) is 0 Å². The summed E-state index contributed by atoms with van der Waals surface area (Å²) in [6.07, 6.45) is 5.28. The van der Waals surface area contributed by atoms with Gasteiger partial charge in [-0.1, -0.05) is 40.1 Å². The molecule has 0 unspecified atom stereocenters. The summed E-state index contributed by atoms with van der Waals surface area (Å²) in [6.45, 7) is 0.585. The number of amides is 2. The summed E-state index contributed by atoms with van der Waals surface area (Å²) in [5.41, 5.74) is 1.68. The van der Waals surface area contributed by atoms with Crippen molar-refractivity contribution in [2.45, 2.75) is 43.9 Å². The van der Waals surface area contributed by atoms with E-state index in [4.69, 9.17) is 0 Å². The molecule has 1 aromatic carbocycles. The lowest BCUT2D eigenvalue weighted by Gasteiger charge is -2.17. The van der Waals surface area contributed by atoms with Crippen LogP contribution in [0.5, 0.6) is 0 Å². The summed E-state index contributed by atoms with van der Waals surface area (Å²) in [6, 6.07) is 7.40. The molecule has 1 aliphatic rings. The number of benzene rings is 1. The first-order valence-corrected chi connectivity index (χ1v) is 10.8. The number of carbonyl (C=O) groups excluding carboxylic acids is 2. The molecule has 1 heterocycles. The predicted molar refractivity (Wildman–Crippen MR) is 103 cm³/mol. The van der Waals surface area contributed by atoms with E-state index in [1.54, 1.807) is 24.1 Å². The Balaban J connectivity index is 1.69. The molecule has 2 rings (SSSR count). The second kappa shape index (κ2) is 9.99. The van der Waals surface area contributed by atoms with Crippen LogP contribution in [0, 0.1) is 0 Å². The van der Waals surface area contributed by atoms with E-state index in [-0.39, 0.29) is 11.8 Å². The lowest BCUT2D eigenvalue weighted by Crippen LogP contribution is -2.26. The van der Waals surface area contributed by atoms with Gasteiger partial charge in [0.1, 0.15) is 0 Å². The van der Waals surface area contributed by atoms with Gasteiger partial charge in [-0.25, -0.2) is 0 Å². The highest BCUT2D eigenvalue weighted by Gasteiger charge is 2.16. The molecule has 1 N–H and O–H groups in total. The molecule has 1 aliphatic heterocycles. The molecule has 0 bridgehead atoms. The van der Waals surface area contributed by atoms with Crippen molar-refractivity contribution in [3.05, 3.63) is 35.4 Å². The third-order valence-electron chi connectivity index (χ3n) is 4.18. The molecule has 2 amide bonds. The van der Waals surface area contributed by atoms with Crippen molar-refractivity contribution in [3.63, 3.8) is 0 Å². The quantitative estimate of drug-likeness (QED) is 0.563. The largest absolute Gasteiger partial charge is 0.355 e. The molecule has 1 fully saturated rings. The number of nitrogens with zero attached hydrogens (tertiary/aromatic N) is 1. The average Bonchev–Trinajstić information content (AvgIpc) is 3.12. The third kappa shape index (κ3) is 6.06. The van der Waals surface area contributed by atoms with Crippen molar-refractivity contribution < 1.29 is 9.59 Å². The highest BCUT2D eigenvalue weighted by Crippen LogP contribution is 2.39. The van der Waals surface area contributed by atoms with Gasteiger partial charge in [0.25, 0.3) is 5.91 Å². The van der Waals surface area contributed by atoms with E-state index in [1.165, 1.54) is 18.6 Å². The van der Waals surface area contributed by atoms with E-state index < -0.39 is 0 Å². The summed E-state index contributed by atoms with van der Waals surface area (Å²) >= 11 is 0. The fourth-order valence-electron chi connectivity index (χ4n) is 2.67. The molecule has 0 aromatic heterocycles. The average molecular weight is 367 g/mol. The fourth-order valence-corrected chi connectivity index (χ4v) is 5.70. The van der Waals surface area contributed by atoms with Crippen LogP contribution in [0.1, 0.15) is 48.0 Å². The number of nitrogens with one attached hydrogen (secondary N) is 1. The summed E-state index contributed by atoms with van der Waals surface area (Å²) in [5.74, 6) is 1.37. The normalized spacial score (nSPS) is 16.8. The predicted octanol–water partition coefficient (Wildman–Crippen LogP) is 3.72. The van der Waals surface area contributed by atoms with Crippen LogP contribution in [0.25, 0.3) is 0 Å². The van der Waals surface area contributed by atoms with E-state index in [9.17, 15) is 9.59 Å². The standard InChI is InChI=1S/C18H26N2O2S2/c1-19-18(22)15-9-7-14(8-10-15)13-20(2)17(21)6-4-3-5-16-11-12-23-24-16/h7-10,16H,3-6,11-13H2,1-2H3,(H,19,22)/t16-/m1/s1. The molecule has 24 heavy (non-hydrogen) atoms. The number of hydrogen-bond acceptors (Lipinski definition) is 4. The van der Waals surface area contributed by atoms with E-state index in [1.807, 2.05) is 40.8 Å². The highest BCUT2D eigenvalue weighted by molar-refractivity contribution is 8.77. The maximum Gasteiger partial charge on any atom is 0.251 e. The maximum atomic E-state index is 12.2. The third-order valence-corrected chi connectivity index (χ3v) is 7.19. The minimum absolute atomic E-state index is 0.0928. The van der Waals surface area contributed by atoms with Gasteiger partial charge in [-0.15, -0.1) is 0 Å². The lowest BCUT2D eigenvalue weighted by atomic mass is 10.1. The zero-order valence-corrected chi connectivity index (χ0v) is 16.0. The van der Waals surface area contributed by atoms with Gasteiger partial charge in [-0.05, 0) is 37.0 Å². The Morgan fingerprint density at radius 3 is 2.62 bits per heavy atom. The number of hydrogen-bond donors (Lipinski definition) is 1. The van der Waals surface area contributed by atoms with Crippen LogP contribution < -0.4 is 5.32 Å². The van der Waals surface area contributed by atoms with Crippen molar-refractivity contribution in [1.82, 2.24) is 10.2 Å². The second-order valence-electron chi connectivity index (χ2n) is 6.10. The minimum Gasteiger partial charge on any atom is -0.355 e. The zero-order chi connectivity index (χ0) is 17.4. The van der Waals surface area contributed by atoms with Gasteiger partial charge in [0, 0.05) is 43.6 Å². The molecule has 0 aliphatic carbocycles.